The Hall–Kier alpha value is -1.94. The molecule has 1 aliphatic rings. The van der Waals surface area contributed by atoms with Crippen LogP contribution in [0.3, 0.4) is 0 Å². The van der Waals surface area contributed by atoms with E-state index in [2.05, 4.69) is 9.62 Å². The first-order valence-corrected chi connectivity index (χ1v) is 11.7. The molecule has 0 amide bonds. The topological polar surface area (TPSA) is 67.9 Å². The third kappa shape index (κ3) is 5.65. The SMILES string of the molecule is COc1cc2c(cc1OC)CN(CCCCNS(=O)(=O)c1cc(Cl)c(F)cc1F)CC2. The molecule has 10 heteroatoms. The van der Waals surface area contributed by atoms with E-state index >= 15 is 0 Å². The number of hydrogen-bond acceptors (Lipinski definition) is 5. The maximum Gasteiger partial charge on any atom is 0.243 e. The molecular formula is C21H25ClF2N2O4S. The molecule has 0 atom stereocenters. The molecule has 0 radical (unpaired) electrons. The van der Waals surface area contributed by atoms with Crippen molar-refractivity contribution in [3.63, 3.8) is 0 Å². The first kappa shape index (κ1) is 23.7. The van der Waals surface area contributed by atoms with Crippen molar-refractivity contribution in [2.24, 2.45) is 0 Å². The molecule has 2 aromatic rings. The zero-order valence-electron chi connectivity index (χ0n) is 17.4. The van der Waals surface area contributed by atoms with Crippen LogP contribution in [-0.2, 0) is 23.0 Å². The van der Waals surface area contributed by atoms with Crippen LogP contribution in [0.5, 0.6) is 11.5 Å². The summed E-state index contributed by atoms with van der Waals surface area (Å²) in [6.45, 7) is 2.62. The molecule has 6 nitrogen and oxygen atoms in total. The van der Waals surface area contributed by atoms with Crippen LogP contribution < -0.4 is 14.2 Å². The zero-order valence-corrected chi connectivity index (χ0v) is 19.0. The van der Waals surface area contributed by atoms with Crippen molar-refractivity contribution in [3.8, 4) is 11.5 Å². The van der Waals surface area contributed by atoms with Crippen LogP contribution in [0.4, 0.5) is 8.78 Å². The van der Waals surface area contributed by atoms with Gasteiger partial charge in [-0.15, -0.1) is 0 Å². The van der Waals surface area contributed by atoms with Gasteiger partial charge in [-0.05, 0) is 55.1 Å². The highest BCUT2D eigenvalue weighted by atomic mass is 35.5. The molecule has 1 aliphatic heterocycles. The second-order valence-electron chi connectivity index (χ2n) is 7.30. The van der Waals surface area contributed by atoms with Crippen molar-refractivity contribution in [2.45, 2.75) is 30.7 Å². The van der Waals surface area contributed by atoms with Crippen LogP contribution in [-0.4, -0.2) is 47.2 Å². The predicted molar refractivity (Wildman–Crippen MR) is 114 cm³/mol. The van der Waals surface area contributed by atoms with E-state index in [1.807, 2.05) is 12.1 Å². The summed E-state index contributed by atoms with van der Waals surface area (Å²) in [6.07, 6.45) is 2.23. The molecule has 2 aromatic carbocycles. The minimum Gasteiger partial charge on any atom is -0.493 e. The molecule has 0 unspecified atom stereocenters. The molecule has 3 rings (SSSR count). The van der Waals surface area contributed by atoms with Gasteiger partial charge in [-0.3, -0.25) is 4.90 Å². The Bertz CT molecular complexity index is 1050. The van der Waals surface area contributed by atoms with Gasteiger partial charge in [0.05, 0.1) is 19.2 Å². The highest BCUT2D eigenvalue weighted by Gasteiger charge is 2.22. The van der Waals surface area contributed by atoms with Gasteiger partial charge < -0.3 is 9.47 Å². The van der Waals surface area contributed by atoms with Crippen molar-refractivity contribution in [2.75, 3.05) is 33.9 Å². The third-order valence-electron chi connectivity index (χ3n) is 5.25. The van der Waals surface area contributed by atoms with Crippen molar-refractivity contribution in [3.05, 3.63) is 52.0 Å². The van der Waals surface area contributed by atoms with E-state index < -0.39 is 31.6 Å². The highest BCUT2D eigenvalue weighted by molar-refractivity contribution is 7.89. The van der Waals surface area contributed by atoms with Crippen LogP contribution in [0.15, 0.2) is 29.2 Å². The number of rotatable bonds is 9. The summed E-state index contributed by atoms with van der Waals surface area (Å²) in [6, 6.07) is 5.26. The third-order valence-corrected chi connectivity index (χ3v) is 7.02. The normalized spacial score (nSPS) is 14.4. The lowest BCUT2D eigenvalue weighted by molar-refractivity contribution is 0.248. The molecule has 0 saturated carbocycles. The Labute approximate surface area is 186 Å². The van der Waals surface area contributed by atoms with E-state index in [-0.39, 0.29) is 6.54 Å². The van der Waals surface area contributed by atoms with Gasteiger partial charge >= 0.3 is 0 Å². The van der Waals surface area contributed by atoms with E-state index in [1.54, 1.807) is 14.2 Å². The maximum absolute atomic E-state index is 13.8. The zero-order chi connectivity index (χ0) is 22.6. The molecule has 1 heterocycles. The van der Waals surface area contributed by atoms with Gasteiger partial charge in [0, 0.05) is 25.7 Å². The van der Waals surface area contributed by atoms with Crippen molar-refractivity contribution in [1.82, 2.24) is 9.62 Å². The number of methoxy groups -OCH3 is 2. The molecule has 0 aromatic heterocycles. The standard InChI is InChI=1S/C21H25ClF2N2O4S/c1-29-19-9-14-5-8-26(13-15(14)10-20(19)30-2)7-4-3-6-25-31(27,28)21-11-16(22)17(23)12-18(21)24/h9-12,25H,3-8,13H2,1-2H3. The summed E-state index contributed by atoms with van der Waals surface area (Å²) in [4.78, 5) is 1.64. The van der Waals surface area contributed by atoms with Crippen molar-refractivity contribution in [1.29, 1.82) is 0 Å². The lowest BCUT2D eigenvalue weighted by Gasteiger charge is -2.29. The second-order valence-corrected chi connectivity index (χ2v) is 9.45. The fourth-order valence-corrected chi connectivity index (χ4v) is 4.97. The molecular weight excluding hydrogens is 450 g/mol. The number of nitrogens with one attached hydrogen (secondary N) is 1. The van der Waals surface area contributed by atoms with Crippen LogP contribution in [0, 0.1) is 11.6 Å². The minimum absolute atomic E-state index is 0.145. The van der Waals surface area contributed by atoms with Crippen LogP contribution in [0.1, 0.15) is 24.0 Å². The van der Waals surface area contributed by atoms with E-state index in [0.717, 1.165) is 44.3 Å². The lowest BCUT2D eigenvalue weighted by Crippen LogP contribution is -2.32. The fourth-order valence-electron chi connectivity index (χ4n) is 3.59. The Morgan fingerprint density at radius 3 is 2.39 bits per heavy atom. The molecule has 0 spiro atoms. The van der Waals surface area contributed by atoms with E-state index in [9.17, 15) is 17.2 Å². The Kier molecular flexibility index (Phi) is 7.74. The molecule has 0 fully saturated rings. The summed E-state index contributed by atoms with van der Waals surface area (Å²) >= 11 is 5.58. The second kappa shape index (κ2) is 10.1. The van der Waals surface area contributed by atoms with Gasteiger partial charge in [0.15, 0.2) is 11.5 Å². The average Bonchev–Trinajstić information content (AvgIpc) is 2.74. The summed E-state index contributed by atoms with van der Waals surface area (Å²) < 4.78 is 64.7. The number of benzene rings is 2. The molecule has 0 saturated heterocycles. The number of fused-ring (bicyclic) bond motifs is 1. The van der Waals surface area contributed by atoms with Gasteiger partial charge in [-0.25, -0.2) is 21.9 Å². The number of halogens is 3. The smallest absolute Gasteiger partial charge is 0.243 e. The molecule has 1 N–H and O–H groups in total. The summed E-state index contributed by atoms with van der Waals surface area (Å²) in [5.74, 6) is -0.753. The number of unbranched alkanes of at least 4 members (excludes halogenated alkanes) is 1. The molecule has 31 heavy (non-hydrogen) atoms. The van der Waals surface area contributed by atoms with Gasteiger partial charge in [0.1, 0.15) is 16.5 Å². The van der Waals surface area contributed by atoms with Gasteiger partial charge in [0.2, 0.25) is 10.0 Å². The van der Waals surface area contributed by atoms with Gasteiger partial charge in [-0.2, -0.15) is 0 Å². The maximum atomic E-state index is 13.8. The number of ether oxygens (including phenoxy) is 2. The number of nitrogens with zero attached hydrogens (tertiary/aromatic N) is 1. The Morgan fingerprint density at radius 2 is 1.71 bits per heavy atom. The summed E-state index contributed by atoms with van der Waals surface area (Å²) in [5.41, 5.74) is 2.43. The lowest BCUT2D eigenvalue weighted by atomic mass is 9.98. The van der Waals surface area contributed by atoms with Crippen LogP contribution in [0.2, 0.25) is 5.02 Å². The van der Waals surface area contributed by atoms with E-state index in [0.29, 0.717) is 18.2 Å². The van der Waals surface area contributed by atoms with Crippen LogP contribution >= 0.6 is 11.6 Å². The Balaban J connectivity index is 1.49. The number of hydrogen-bond donors (Lipinski definition) is 1. The Morgan fingerprint density at radius 1 is 1.03 bits per heavy atom. The first-order chi connectivity index (χ1) is 14.7. The fraction of sp³-hybridized carbons (Fsp3) is 0.429. The molecule has 0 bridgehead atoms. The monoisotopic (exact) mass is 474 g/mol. The summed E-state index contributed by atoms with van der Waals surface area (Å²) in [5, 5.41) is -0.443. The summed E-state index contributed by atoms with van der Waals surface area (Å²) in [7, 11) is -0.879. The quantitative estimate of drug-likeness (QED) is 0.443. The van der Waals surface area contributed by atoms with Gasteiger partial charge in [0.25, 0.3) is 0 Å². The van der Waals surface area contributed by atoms with Gasteiger partial charge in [-0.1, -0.05) is 11.6 Å². The van der Waals surface area contributed by atoms with E-state index in [4.69, 9.17) is 21.1 Å². The van der Waals surface area contributed by atoms with Crippen molar-refractivity contribution < 1.29 is 26.7 Å². The number of sulfonamides is 1. The molecule has 170 valence electrons. The molecule has 0 aliphatic carbocycles. The van der Waals surface area contributed by atoms with Crippen molar-refractivity contribution >= 4 is 21.6 Å². The highest BCUT2D eigenvalue weighted by Crippen LogP contribution is 2.33. The first-order valence-electron chi connectivity index (χ1n) is 9.85. The van der Waals surface area contributed by atoms with E-state index in [1.165, 1.54) is 11.1 Å². The average molecular weight is 475 g/mol. The van der Waals surface area contributed by atoms with Crippen LogP contribution in [0.25, 0.3) is 0 Å². The minimum atomic E-state index is -4.11. The largest absolute Gasteiger partial charge is 0.493 e. The predicted octanol–water partition coefficient (Wildman–Crippen LogP) is 3.75.